The van der Waals surface area contributed by atoms with Crippen molar-refractivity contribution < 1.29 is 13.9 Å². The van der Waals surface area contributed by atoms with E-state index in [9.17, 15) is 9.18 Å². The Labute approximate surface area is 167 Å². The first kappa shape index (κ1) is 18.7. The predicted octanol–water partition coefficient (Wildman–Crippen LogP) is 5.20. The number of rotatable bonds is 5. The van der Waals surface area contributed by atoms with Gasteiger partial charge in [0.05, 0.1) is 7.11 Å². The zero-order valence-corrected chi connectivity index (χ0v) is 16.5. The fraction of sp³-hybridized carbons (Fsp3) is 0.318. The van der Waals surface area contributed by atoms with Gasteiger partial charge in [-0.15, -0.1) is 0 Å². The summed E-state index contributed by atoms with van der Waals surface area (Å²) in [5.74, 6) is -0.465. The maximum Gasteiger partial charge on any atom is 0.251 e. The second-order valence-corrected chi connectivity index (χ2v) is 8.21. The average molecular weight is 399 g/mol. The summed E-state index contributed by atoms with van der Waals surface area (Å²) in [5, 5.41) is 8.85. The van der Waals surface area contributed by atoms with Gasteiger partial charge in [-0.25, -0.2) is 4.39 Å². The molecule has 2 aromatic carbocycles. The highest BCUT2D eigenvalue weighted by Crippen LogP contribution is 2.36. The summed E-state index contributed by atoms with van der Waals surface area (Å²) in [6.07, 6.45) is 3.83. The van der Waals surface area contributed by atoms with Gasteiger partial charge in [0.2, 0.25) is 0 Å². The Morgan fingerprint density at radius 3 is 2.50 bits per heavy atom. The van der Waals surface area contributed by atoms with Crippen LogP contribution in [0.3, 0.4) is 0 Å². The van der Waals surface area contributed by atoms with E-state index in [-0.39, 0.29) is 17.8 Å². The molecule has 0 bridgehead atoms. The number of nitrogens with one attached hydrogen (secondary N) is 2. The number of hydrogen-bond acceptors (Lipinski definition) is 4. The lowest BCUT2D eigenvalue weighted by Crippen LogP contribution is -2.40. The lowest BCUT2D eigenvalue weighted by Gasteiger charge is -2.30. The fourth-order valence-corrected chi connectivity index (χ4v) is 4.64. The van der Waals surface area contributed by atoms with Crippen LogP contribution < -0.4 is 15.4 Å². The van der Waals surface area contributed by atoms with Crippen LogP contribution >= 0.6 is 11.3 Å². The minimum atomic E-state index is -0.332. The standard InChI is InChI=1S/C22H23FN2O2S/c1-27-21-13-18-19(3-2-4-20(18)28-21)24-16-9-11-17(12-10-16)25-22(26)14-5-7-15(23)8-6-14/h2-8,13,16-17,24H,9-12H2,1H3,(H,25,26). The molecule has 1 amide bonds. The molecular weight excluding hydrogens is 375 g/mol. The van der Waals surface area contributed by atoms with Gasteiger partial charge in [0.15, 0.2) is 5.06 Å². The van der Waals surface area contributed by atoms with Crippen LogP contribution in [0, 0.1) is 5.82 Å². The maximum absolute atomic E-state index is 13.0. The van der Waals surface area contributed by atoms with Gasteiger partial charge in [-0.05, 0) is 62.1 Å². The number of hydrogen-bond donors (Lipinski definition) is 2. The summed E-state index contributed by atoms with van der Waals surface area (Å²) in [7, 11) is 1.69. The van der Waals surface area contributed by atoms with Crippen molar-refractivity contribution in [3.63, 3.8) is 0 Å². The molecular formula is C22H23FN2O2S. The van der Waals surface area contributed by atoms with Crippen LogP contribution in [-0.4, -0.2) is 25.1 Å². The molecule has 6 heteroatoms. The van der Waals surface area contributed by atoms with Gasteiger partial charge in [0.1, 0.15) is 5.82 Å². The van der Waals surface area contributed by atoms with Gasteiger partial charge >= 0.3 is 0 Å². The highest BCUT2D eigenvalue weighted by atomic mass is 32.1. The monoisotopic (exact) mass is 398 g/mol. The number of ether oxygens (including phenoxy) is 1. The fourth-order valence-electron chi connectivity index (χ4n) is 3.74. The number of halogens is 1. The number of methoxy groups -OCH3 is 1. The van der Waals surface area contributed by atoms with Gasteiger partial charge in [-0.2, -0.15) is 0 Å². The maximum atomic E-state index is 13.0. The zero-order chi connectivity index (χ0) is 19.5. The molecule has 3 aromatic rings. The van der Waals surface area contributed by atoms with Gasteiger partial charge < -0.3 is 15.4 Å². The number of carbonyl (C=O) groups excluding carboxylic acids is 1. The van der Waals surface area contributed by atoms with Gasteiger partial charge in [0.25, 0.3) is 5.91 Å². The molecule has 0 aliphatic heterocycles. The minimum absolute atomic E-state index is 0.133. The molecule has 28 heavy (non-hydrogen) atoms. The van der Waals surface area contributed by atoms with Crippen molar-refractivity contribution in [3.05, 3.63) is 59.9 Å². The van der Waals surface area contributed by atoms with E-state index < -0.39 is 0 Å². The van der Waals surface area contributed by atoms with E-state index in [0.29, 0.717) is 11.6 Å². The average Bonchev–Trinajstić information content (AvgIpc) is 3.14. The molecule has 1 fully saturated rings. The van der Waals surface area contributed by atoms with Gasteiger partial charge in [0, 0.05) is 39.5 Å². The molecule has 1 saturated carbocycles. The molecule has 0 radical (unpaired) electrons. The van der Waals surface area contributed by atoms with E-state index in [1.807, 2.05) is 0 Å². The van der Waals surface area contributed by atoms with Crippen molar-refractivity contribution in [2.75, 3.05) is 12.4 Å². The molecule has 146 valence electrons. The first-order chi connectivity index (χ1) is 13.6. The molecule has 2 N–H and O–H groups in total. The number of thiophene rings is 1. The molecule has 1 aliphatic carbocycles. The quantitative estimate of drug-likeness (QED) is 0.621. The highest BCUT2D eigenvalue weighted by Gasteiger charge is 2.23. The molecule has 1 aromatic heterocycles. The summed E-state index contributed by atoms with van der Waals surface area (Å²) in [6.45, 7) is 0. The number of carbonyl (C=O) groups is 1. The number of anilines is 1. The number of benzene rings is 2. The zero-order valence-electron chi connectivity index (χ0n) is 15.7. The largest absolute Gasteiger partial charge is 0.487 e. The Morgan fingerprint density at radius 2 is 1.79 bits per heavy atom. The van der Waals surface area contributed by atoms with E-state index in [1.54, 1.807) is 18.4 Å². The van der Waals surface area contributed by atoms with Crippen LogP contribution in [-0.2, 0) is 0 Å². The van der Waals surface area contributed by atoms with Crippen LogP contribution in [0.25, 0.3) is 10.1 Å². The number of amides is 1. The molecule has 0 spiro atoms. The molecule has 1 heterocycles. The van der Waals surface area contributed by atoms with E-state index in [4.69, 9.17) is 4.74 Å². The second kappa shape index (κ2) is 8.19. The summed E-state index contributed by atoms with van der Waals surface area (Å²) in [5.41, 5.74) is 1.63. The minimum Gasteiger partial charge on any atom is -0.487 e. The van der Waals surface area contributed by atoms with Crippen molar-refractivity contribution >= 4 is 33.0 Å². The van der Waals surface area contributed by atoms with E-state index >= 15 is 0 Å². The van der Waals surface area contributed by atoms with Gasteiger partial charge in [-0.3, -0.25) is 4.79 Å². The van der Waals surface area contributed by atoms with Crippen molar-refractivity contribution in [2.45, 2.75) is 37.8 Å². The smallest absolute Gasteiger partial charge is 0.251 e. The van der Waals surface area contributed by atoms with Crippen molar-refractivity contribution in [1.82, 2.24) is 5.32 Å². The van der Waals surface area contributed by atoms with Crippen LogP contribution in [0.2, 0.25) is 0 Å². The summed E-state index contributed by atoms with van der Waals surface area (Å²) in [4.78, 5) is 12.3. The topological polar surface area (TPSA) is 50.4 Å². The molecule has 4 rings (SSSR count). The molecule has 0 atom stereocenters. The Kier molecular flexibility index (Phi) is 5.48. The first-order valence-corrected chi connectivity index (χ1v) is 10.3. The predicted molar refractivity (Wildman–Crippen MR) is 112 cm³/mol. The molecule has 1 aliphatic rings. The molecule has 0 unspecified atom stereocenters. The SMILES string of the molecule is COc1cc2c(NC3CCC(NC(=O)c4ccc(F)cc4)CC3)cccc2s1. The highest BCUT2D eigenvalue weighted by molar-refractivity contribution is 7.20. The molecule has 4 nitrogen and oxygen atoms in total. The van der Waals surface area contributed by atoms with Crippen LogP contribution in [0.5, 0.6) is 5.06 Å². The lowest BCUT2D eigenvalue weighted by atomic mass is 9.90. The van der Waals surface area contributed by atoms with Crippen molar-refractivity contribution in [1.29, 1.82) is 0 Å². The molecule has 0 saturated heterocycles. The van der Waals surface area contributed by atoms with Crippen LogP contribution in [0.4, 0.5) is 10.1 Å². The van der Waals surface area contributed by atoms with Crippen LogP contribution in [0.1, 0.15) is 36.0 Å². The van der Waals surface area contributed by atoms with Crippen molar-refractivity contribution in [3.8, 4) is 5.06 Å². The second-order valence-electron chi connectivity index (χ2n) is 7.16. The van der Waals surface area contributed by atoms with E-state index in [2.05, 4.69) is 34.9 Å². The summed E-state index contributed by atoms with van der Waals surface area (Å²) in [6, 6.07) is 14.6. The van der Waals surface area contributed by atoms with E-state index in [1.165, 1.54) is 34.4 Å². The van der Waals surface area contributed by atoms with Gasteiger partial charge in [-0.1, -0.05) is 17.4 Å². The Balaban J connectivity index is 1.34. The first-order valence-electron chi connectivity index (χ1n) is 9.52. The Morgan fingerprint density at radius 1 is 1.07 bits per heavy atom. The van der Waals surface area contributed by atoms with E-state index in [0.717, 1.165) is 36.4 Å². The third kappa shape index (κ3) is 4.12. The third-order valence-corrected chi connectivity index (χ3v) is 6.33. The third-order valence-electron chi connectivity index (χ3n) is 5.27. The summed E-state index contributed by atoms with van der Waals surface area (Å²) >= 11 is 1.65. The number of fused-ring (bicyclic) bond motifs is 1. The summed E-state index contributed by atoms with van der Waals surface area (Å²) < 4.78 is 19.6. The lowest BCUT2D eigenvalue weighted by molar-refractivity contribution is 0.0926. The Bertz CT molecular complexity index is 962. The Hall–Kier alpha value is -2.60. The normalized spacial score (nSPS) is 19.4. The van der Waals surface area contributed by atoms with Crippen LogP contribution in [0.15, 0.2) is 48.5 Å². The van der Waals surface area contributed by atoms with Crippen molar-refractivity contribution in [2.24, 2.45) is 0 Å².